The number of nitrogens with two attached hydrogens (primary N) is 1. The van der Waals surface area contributed by atoms with Crippen molar-refractivity contribution in [3.8, 4) is 0 Å². The van der Waals surface area contributed by atoms with Crippen LogP contribution in [0.15, 0.2) is 30.3 Å². The normalized spacial score (nSPS) is 18.4. The lowest BCUT2D eigenvalue weighted by atomic mass is 9.93. The Bertz CT molecular complexity index is 858. The van der Waals surface area contributed by atoms with Gasteiger partial charge in [-0.1, -0.05) is 18.2 Å². The van der Waals surface area contributed by atoms with Crippen LogP contribution in [0.4, 0.5) is 5.82 Å². The number of aromatic nitrogens is 1. The lowest BCUT2D eigenvalue weighted by molar-refractivity contribution is -0.127. The number of rotatable bonds is 5. The fraction of sp³-hybridized carbons (Fsp3) is 0.476. The molecule has 0 unspecified atom stereocenters. The maximum atomic E-state index is 11.9. The summed E-state index contributed by atoms with van der Waals surface area (Å²) in [6.07, 6.45) is 4.98. The number of amides is 2. The minimum atomic E-state index is -0.417. The van der Waals surface area contributed by atoms with E-state index >= 15 is 0 Å². The predicted octanol–water partition coefficient (Wildman–Crippen LogP) is 2.56. The van der Waals surface area contributed by atoms with Gasteiger partial charge in [0.05, 0.1) is 11.1 Å². The third-order valence-corrected chi connectivity index (χ3v) is 5.89. The average Bonchev–Trinajstić information content (AvgIpc) is 3.10. The SMILES string of the molecule is NC(=O)c1cc(N2CCC(CCN3CCCC3=O)CC2)nc2ccccc12. The molecule has 2 aliphatic heterocycles. The summed E-state index contributed by atoms with van der Waals surface area (Å²) in [6, 6.07) is 9.46. The van der Waals surface area contributed by atoms with Crippen molar-refractivity contribution in [2.24, 2.45) is 11.7 Å². The van der Waals surface area contributed by atoms with Crippen LogP contribution in [0, 0.1) is 5.92 Å². The second-order valence-electron chi connectivity index (χ2n) is 7.61. The van der Waals surface area contributed by atoms with Crippen LogP contribution < -0.4 is 10.6 Å². The van der Waals surface area contributed by atoms with Crippen LogP contribution >= 0.6 is 0 Å². The maximum absolute atomic E-state index is 11.9. The molecule has 4 rings (SSSR count). The maximum Gasteiger partial charge on any atom is 0.249 e. The largest absolute Gasteiger partial charge is 0.366 e. The van der Waals surface area contributed by atoms with Crippen molar-refractivity contribution in [1.29, 1.82) is 0 Å². The van der Waals surface area contributed by atoms with E-state index in [2.05, 4.69) is 4.90 Å². The van der Waals surface area contributed by atoms with Gasteiger partial charge in [-0.3, -0.25) is 9.59 Å². The Hall–Kier alpha value is -2.63. The number of fused-ring (bicyclic) bond motifs is 1. The lowest BCUT2D eigenvalue weighted by Crippen LogP contribution is -2.36. The minimum absolute atomic E-state index is 0.312. The molecule has 2 aliphatic rings. The zero-order valence-electron chi connectivity index (χ0n) is 15.6. The molecule has 2 amide bonds. The van der Waals surface area contributed by atoms with E-state index in [1.807, 2.05) is 35.2 Å². The molecule has 1 aromatic carbocycles. The highest BCUT2D eigenvalue weighted by Gasteiger charge is 2.24. The molecule has 142 valence electrons. The molecule has 0 saturated carbocycles. The monoisotopic (exact) mass is 366 g/mol. The molecule has 2 fully saturated rings. The van der Waals surface area contributed by atoms with Crippen LogP contribution in [0.3, 0.4) is 0 Å². The van der Waals surface area contributed by atoms with Crippen LogP contribution in [0.5, 0.6) is 0 Å². The lowest BCUT2D eigenvalue weighted by Gasteiger charge is -2.33. The number of likely N-dealkylation sites (tertiary alicyclic amines) is 1. The number of primary amides is 1. The van der Waals surface area contributed by atoms with Gasteiger partial charge in [0.2, 0.25) is 11.8 Å². The molecule has 3 heterocycles. The number of hydrogen-bond acceptors (Lipinski definition) is 4. The van der Waals surface area contributed by atoms with Crippen molar-refractivity contribution in [3.63, 3.8) is 0 Å². The summed E-state index contributed by atoms with van der Waals surface area (Å²) in [5, 5.41) is 0.805. The standard InChI is InChI=1S/C21H26N4O2/c22-21(27)17-14-19(23-18-5-2-1-4-16(17)18)24-11-7-15(8-12-24)9-13-25-10-3-6-20(25)26/h1-2,4-5,14-15H,3,6-13H2,(H2,22,27). The van der Waals surface area contributed by atoms with Gasteiger partial charge < -0.3 is 15.5 Å². The molecular weight excluding hydrogens is 340 g/mol. The first kappa shape index (κ1) is 17.8. The number of hydrogen-bond donors (Lipinski definition) is 1. The molecule has 2 aromatic rings. The van der Waals surface area contributed by atoms with Gasteiger partial charge in [-0.2, -0.15) is 0 Å². The fourth-order valence-corrected chi connectivity index (χ4v) is 4.26. The van der Waals surface area contributed by atoms with E-state index < -0.39 is 5.91 Å². The van der Waals surface area contributed by atoms with Gasteiger partial charge in [0.15, 0.2) is 0 Å². The second kappa shape index (κ2) is 7.55. The van der Waals surface area contributed by atoms with Crippen molar-refractivity contribution < 1.29 is 9.59 Å². The first-order valence-corrected chi connectivity index (χ1v) is 9.84. The zero-order valence-corrected chi connectivity index (χ0v) is 15.6. The van der Waals surface area contributed by atoms with Gasteiger partial charge in [0.25, 0.3) is 0 Å². The fourth-order valence-electron chi connectivity index (χ4n) is 4.26. The number of carbonyl (C=O) groups excluding carboxylic acids is 2. The van der Waals surface area contributed by atoms with E-state index in [0.29, 0.717) is 23.8 Å². The quantitative estimate of drug-likeness (QED) is 0.882. The molecule has 0 atom stereocenters. The number of para-hydroxylation sites is 1. The number of pyridine rings is 1. The summed E-state index contributed by atoms with van der Waals surface area (Å²) < 4.78 is 0. The van der Waals surface area contributed by atoms with Crippen molar-refractivity contribution in [3.05, 3.63) is 35.9 Å². The summed E-state index contributed by atoms with van der Waals surface area (Å²) in [5.74, 6) is 1.37. The summed E-state index contributed by atoms with van der Waals surface area (Å²) in [6.45, 7) is 3.66. The molecule has 0 radical (unpaired) electrons. The summed E-state index contributed by atoms with van der Waals surface area (Å²) >= 11 is 0. The number of piperidine rings is 1. The Balaban J connectivity index is 1.42. The molecule has 0 bridgehead atoms. The Kier molecular flexibility index (Phi) is 4.97. The molecular formula is C21H26N4O2. The van der Waals surface area contributed by atoms with Gasteiger partial charge >= 0.3 is 0 Å². The van der Waals surface area contributed by atoms with Crippen molar-refractivity contribution in [2.75, 3.05) is 31.1 Å². The molecule has 6 nitrogen and oxygen atoms in total. The highest BCUT2D eigenvalue weighted by molar-refractivity contribution is 6.06. The number of anilines is 1. The Morgan fingerprint density at radius 2 is 1.96 bits per heavy atom. The Morgan fingerprint density at radius 3 is 2.67 bits per heavy atom. The average molecular weight is 366 g/mol. The molecule has 2 saturated heterocycles. The van der Waals surface area contributed by atoms with E-state index in [4.69, 9.17) is 10.7 Å². The highest BCUT2D eigenvalue weighted by atomic mass is 16.2. The van der Waals surface area contributed by atoms with Gasteiger partial charge in [0.1, 0.15) is 5.82 Å². The van der Waals surface area contributed by atoms with Crippen molar-refractivity contribution >= 4 is 28.5 Å². The van der Waals surface area contributed by atoms with E-state index in [1.165, 1.54) is 0 Å². The first-order chi connectivity index (χ1) is 13.1. The molecule has 6 heteroatoms. The minimum Gasteiger partial charge on any atom is -0.366 e. The van der Waals surface area contributed by atoms with Gasteiger partial charge in [-0.25, -0.2) is 4.98 Å². The Labute approximate surface area is 159 Å². The smallest absolute Gasteiger partial charge is 0.249 e. The van der Waals surface area contributed by atoms with Crippen LogP contribution in [-0.2, 0) is 4.79 Å². The van der Waals surface area contributed by atoms with Crippen molar-refractivity contribution in [1.82, 2.24) is 9.88 Å². The third-order valence-electron chi connectivity index (χ3n) is 5.89. The van der Waals surface area contributed by atoms with E-state index in [1.54, 1.807) is 0 Å². The van der Waals surface area contributed by atoms with Crippen LogP contribution in [-0.4, -0.2) is 47.9 Å². The molecule has 0 spiro atoms. The Morgan fingerprint density at radius 1 is 1.19 bits per heavy atom. The molecule has 0 aliphatic carbocycles. The third kappa shape index (κ3) is 3.75. The van der Waals surface area contributed by atoms with Crippen LogP contribution in [0.2, 0.25) is 0 Å². The van der Waals surface area contributed by atoms with E-state index in [9.17, 15) is 9.59 Å². The topological polar surface area (TPSA) is 79.5 Å². The molecule has 27 heavy (non-hydrogen) atoms. The number of nitrogens with zero attached hydrogens (tertiary/aromatic N) is 3. The molecule has 1 aromatic heterocycles. The number of benzene rings is 1. The number of carbonyl (C=O) groups is 2. The van der Waals surface area contributed by atoms with E-state index in [0.717, 1.165) is 68.6 Å². The summed E-state index contributed by atoms with van der Waals surface area (Å²) in [7, 11) is 0. The van der Waals surface area contributed by atoms with E-state index in [-0.39, 0.29) is 0 Å². The van der Waals surface area contributed by atoms with Crippen LogP contribution in [0.1, 0.15) is 42.5 Å². The van der Waals surface area contributed by atoms with Crippen LogP contribution in [0.25, 0.3) is 10.9 Å². The second-order valence-corrected chi connectivity index (χ2v) is 7.61. The highest BCUT2D eigenvalue weighted by Crippen LogP contribution is 2.28. The van der Waals surface area contributed by atoms with Crippen molar-refractivity contribution in [2.45, 2.75) is 32.1 Å². The summed E-state index contributed by atoms with van der Waals surface area (Å²) in [5.41, 5.74) is 6.93. The zero-order chi connectivity index (χ0) is 18.8. The van der Waals surface area contributed by atoms with Gasteiger partial charge in [0, 0.05) is 38.0 Å². The first-order valence-electron chi connectivity index (χ1n) is 9.84. The predicted molar refractivity (Wildman–Crippen MR) is 106 cm³/mol. The molecule has 2 N–H and O–H groups in total. The summed E-state index contributed by atoms with van der Waals surface area (Å²) in [4.78, 5) is 32.6. The van der Waals surface area contributed by atoms with Gasteiger partial charge in [-0.05, 0) is 43.7 Å². The van der Waals surface area contributed by atoms with Gasteiger partial charge in [-0.15, -0.1) is 0 Å².